The smallest absolute Gasteiger partial charge is 0.310 e. The van der Waals surface area contributed by atoms with Crippen molar-refractivity contribution in [3.05, 3.63) is 0 Å². The van der Waals surface area contributed by atoms with Crippen LogP contribution in [-0.4, -0.2) is 42.6 Å². The van der Waals surface area contributed by atoms with Crippen LogP contribution < -0.4 is 0 Å². The van der Waals surface area contributed by atoms with E-state index in [-0.39, 0.29) is 12.3 Å². The monoisotopic (exact) mass is 247 g/mol. The van der Waals surface area contributed by atoms with E-state index in [1.165, 1.54) is 4.31 Å². The number of hydrogen-bond donors (Lipinski definition) is 1. The molecule has 1 N–H and O–H groups in total. The highest BCUT2D eigenvalue weighted by atomic mass is 32.2. The Morgan fingerprint density at radius 3 is 2.56 bits per heavy atom. The van der Waals surface area contributed by atoms with Crippen molar-refractivity contribution in [1.29, 1.82) is 0 Å². The van der Waals surface area contributed by atoms with Gasteiger partial charge in [0.25, 0.3) is 0 Å². The molecule has 0 radical (unpaired) electrons. The molecule has 0 aromatic heterocycles. The molecule has 0 aromatic carbocycles. The van der Waals surface area contributed by atoms with Crippen molar-refractivity contribution >= 4 is 16.0 Å². The van der Waals surface area contributed by atoms with Crippen LogP contribution in [0.5, 0.6) is 0 Å². The molecule has 0 spiro atoms. The zero-order valence-corrected chi connectivity index (χ0v) is 10.2. The highest BCUT2D eigenvalue weighted by molar-refractivity contribution is 7.89. The van der Waals surface area contributed by atoms with Crippen LogP contribution in [-0.2, 0) is 14.8 Å². The number of carboxylic acid groups (broad SMARTS) is 1. The lowest BCUT2D eigenvalue weighted by Crippen LogP contribution is -2.36. The first-order valence-electron chi connectivity index (χ1n) is 5.55. The molecule has 1 saturated carbocycles. The maximum atomic E-state index is 11.9. The molecule has 1 aliphatic heterocycles. The minimum atomic E-state index is -3.23. The molecule has 92 valence electrons. The third-order valence-corrected chi connectivity index (χ3v) is 5.48. The fourth-order valence-electron chi connectivity index (χ4n) is 2.02. The topological polar surface area (TPSA) is 74.7 Å². The normalized spacial score (nSPS) is 31.8. The van der Waals surface area contributed by atoms with E-state index in [9.17, 15) is 13.2 Å². The lowest BCUT2D eigenvalue weighted by atomic mass is 9.90. The predicted molar refractivity (Wildman–Crippen MR) is 58.4 cm³/mol. The molecule has 1 saturated heterocycles. The predicted octanol–water partition coefficient (Wildman–Crippen LogP) is 0.523. The zero-order valence-electron chi connectivity index (χ0n) is 9.35. The van der Waals surface area contributed by atoms with E-state index < -0.39 is 21.4 Å². The van der Waals surface area contributed by atoms with Gasteiger partial charge in [-0.3, -0.25) is 4.79 Å². The van der Waals surface area contributed by atoms with Crippen LogP contribution in [0.25, 0.3) is 0 Å². The van der Waals surface area contributed by atoms with Gasteiger partial charge in [0.1, 0.15) is 0 Å². The summed E-state index contributed by atoms with van der Waals surface area (Å²) in [6.45, 7) is 2.08. The first-order valence-corrected chi connectivity index (χ1v) is 7.16. The third kappa shape index (κ3) is 2.22. The molecule has 16 heavy (non-hydrogen) atoms. The Balaban J connectivity index is 2.04. The minimum Gasteiger partial charge on any atom is -0.481 e. The summed E-state index contributed by atoms with van der Waals surface area (Å²) in [4.78, 5) is 11.0. The van der Waals surface area contributed by atoms with Gasteiger partial charge in [-0.15, -0.1) is 0 Å². The second-order valence-electron chi connectivity index (χ2n) is 5.17. The molecule has 0 bridgehead atoms. The van der Waals surface area contributed by atoms with Gasteiger partial charge in [-0.05, 0) is 32.1 Å². The molecule has 1 aliphatic carbocycles. The summed E-state index contributed by atoms with van der Waals surface area (Å²) in [6, 6.07) is 0. The average Bonchev–Trinajstić information content (AvgIpc) is 2.85. The Labute approximate surface area is 95.5 Å². The van der Waals surface area contributed by atoms with Gasteiger partial charge >= 0.3 is 5.97 Å². The Morgan fingerprint density at radius 2 is 2.12 bits per heavy atom. The maximum absolute atomic E-state index is 11.9. The van der Waals surface area contributed by atoms with Crippen molar-refractivity contribution in [3.8, 4) is 0 Å². The molecule has 2 aliphatic rings. The van der Waals surface area contributed by atoms with Gasteiger partial charge < -0.3 is 5.11 Å². The molecule has 1 heterocycles. The van der Waals surface area contributed by atoms with Gasteiger partial charge in [-0.25, -0.2) is 12.7 Å². The summed E-state index contributed by atoms with van der Waals surface area (Å²) in [5.74, 6) is -0.402. The molecule has 0 aromatic rings. The summed E-state index contributed by atoms with van der Waals surface area (Å²) >= 11 is 0. The number of nitrogens with zero attached hydrogens (tertiary/aromatic N) is 1. The van der Waals surface area contributed by atoms with Crippen molar-refractivity contribution in [1.82, 2.24) is 4.31 Å². The van der Waals surface area contributed by atoms with Crippen LogP contribution in [0.3, 0.4) is 0 Å². The highest BCUT2D eigenvalue weighted by Gasteiger charge is 2.45. The van der Waals surface area contributed by atoms with E-state index in [0.717, 1.165) is 12.8 Å². The number of carbonyl (C=O) groups is 1. The van der Waals surface area contributed by atoms with E-state index in [0.29, 0.717) is 18.9 Å². The van der Waals surface area contributed by atoms with Crippen LogP contribution in [0, 0.1) is 11.3 Å². The molecule has 2 rings (SSSR count). The summed E-state index contributed by atoms with van der Waals surface area (Å²) in [7, 11) is -3.23. The van der Waals surface area contributed by atoms with Crippen molar-refractivity contribution in [3.63, 3.8) is 0 Å². The van der Waals surface area contributed by atoms with E-state index in [4.69, 9.17) is 5.11 Å². The first-order chi connectivity index (χ1) is 7.33. The second-order valence-corrected chi connectivity index (χ2v) is 7.18. The minimum absolute atomic E-state index is 0.122. The van der Waals surface area contributed by atoms with Gasteiger partial charge in [0, 0.05) is 13.1 Å². The van der Waals surface area contributed by atoms with Crippen molar-refractivity contribution < 1.29 is 18.3 Å². The molecule has 1 unspecified atom stereocenters. The Kier molecular flexibility index (Phi) is 2.74. The van der Waals surface area contributed by atoms with Gasteiger partial charge in [0.15, 0.2) is 0 Å². The molecule has 6 heteroatoms. The number of rotatable bonds is 4. The number of carboxylic acids is 1. The Morgan fingerprint density at radius 1 is 1.50 bits per heavy atom. The van der Waals surface area contributed by atoms with Gasteiger partial charge in [-0.1, -0.05) is 0 Å². The van der Waals surface area contributed by atoms with E-state index in [1.807, 2.05) is 0 Å². The van der Waals surface area contributed by atoms with Crippen LogP contribution in [0.1, 0.15) is 26.2 Å². The molecule has 0 amide bonds. The molecular formula is C10H17NO4S. The SMILES string of the molecule is CC1(C(=O)O)CCN(S(=O)(=O)CC2CC2)C1. The molecular weight excluding hydrogens is 230 g/mol. The average molecular weight is 247 g/mol. The Hall–Kier alpha value is -0.620. The lowest BCUT2D eigenvalue weighted by Gasteiger charge is -2.19. The van der Waals surface area contributed by atoms with Crippen LogP contribution in [0.4, 0.5) is 0 Å². The van der Waals surface area contributed by atoms with E-state index >= 15 is 0 Å². The molecule has 5 nitrogen and oxygen atoms in total. The number of hydrogen-bond acceptors (Lipinski definition) is 3. The van der Waals surface area contributed by atoms with Crippen LogP contribution in [0.2, 0.25) is 0 Å². The molecule has 1 atom stereocenters. The fourth-order valence-corrected chi connectivity index (χ4v) is 4.01. The van der Waals surface area contributed by atoms with Crippen molar-refractivity contribution in [2.75, 3.05) is 18.8 Å². The Bertz CT molecular complexity index is 401. The van der Waals surface area contributed by atoms with Gasteiger partial charge in [0.2, 0.25) is 10.0 Å². The van der Waals surface area contributed by atoms with E-state index in [2.05, 4.69) is 0 Å². The van der Waals surface area contributed by atoms with Crippen molar-refractivity contribution in [2.24, 2.45) is 11.3 Å². The van der Waals surface area contributed by atoms with Gasteiger partial charge in [0.05, 0.1) is 11.2 Å². The number of sulfonamides is 1. The summed E-state index contributed by atoms with van der Waals surface area (Å²) < 4.78 is 25.2. The van der Waals surface area contributed by atoms with E-state index in [1.54, 1.807) is 6.92 Å². The fraction of sp³-hybridized carbons (Fsp3) is 0.900. The summed E-state index contributed by atoms with van der Waals surface area (Å²) in [6.07, 6.45) is 2.39. The zero-order chi connectivity index (χ0) is 12.0. The summed E-state index contributed by atoms with van der Waals surface area (Å²) in [5, 5.41) is 9.03. The second kappa shape index (κ2) is 3.70. The summed E-state index contributed by atoms with van der Waals surface area (Å²) in [5.41, 5.74) is -0.906. The number of aliphatic carboxylic acids is 1. The largest absolute Gasteiger partial charge is 0.481 e. The third-order valence-electron chi connectivity index (χ3n) is 3.49. The van der Waals surface area contributed by atoms with Crippen LogP contribution >= 0.6 is 0 Å². The lowest BCUT2D eigenvalue weighted by molar-refractivity contribution is -0.146. The van der Waals surface area contributed by atoms with Crippen LogP contribution in [0.15, 0.2) is 0 Å². The quantitative estimate of drug-likeness (QED) is 0.786. The highest BCUT2D eigenvalue weighted by Crippen LogP contribution is 2.35. The molecule has 2 fully saturated rings. The first kappa shape index (κ1) is 11.9. The van der Waals surface area contributed by atoms with Crippen molar-refractivity contribution in [2.45, 2.75) is 26.2 Å². The maximum Gasteiger partial charge on any atom is 0.310 e. The standard InChI is InChI=1S/C10H17NO4S/c1-10(9(12)13)4-5-11(7-10)16(14,15)6-8-2-3-8/h8H,2-7H2,1H3,(H,12,13). The van der Waals surface area contributed by atoms with Gasteiger partial charge in [-0.2, -0.15) is 0 Å².